The van der Waals surface area contributed by atoms with Crippen LogP contribution in [0.15, 0.2) is 42.5 Å². The fourth-order valence-corrected chi connectivity index (χ4v) is 3.58. The molecular weight excluding hydrogens is 352 g/mol. The fourth-order valence-electron chi connectivity index (χ4n) is 3.58. The average molecular weight is 369 g/mol. The summed E-state index contributed by atoms with van der Waals surface area (Å²) in [5.74, 6) is -1.56. The van der Waals surface area contributed by atoms with Crippen LogP contribution >= 0.6 is 0 Å². The van der Waals surface area contributed by atoms with Crippen LogP contribution in [0.25, 0.3) is 10.9 Å². The van der Waals surface area contributed by atoms with E-state index in [-0.39, 0.29) is 11.8 Å². The molecule has 0 bridgehead atoms. The van der Waals surface area contributed by atoms with Crippen LogP contribution in [-0.4, -0.2) is 34.8 Å². The molecule has 1 aromatic heterocycles. The molecule has 0 saturated carbocycles. The van der Waals surface area contributed by atoms with Crippen molar-refractivity contribution in [3.05, 3.63) is 70.9 Å². The number of aromatic amines is 1. The molecule has 3 aromatic rings. The maximum atomic E-state index is 13.7. The first kappa shape index (κ1) is 17.2. The van der Waals surface area contributed by atoms with Crippen LogP contribution in [0.1, 0.15) is 27.7 Å². The molecule has 0 spiro atoms. The number of halogens is 2. The number of aromatic nitrogens is 1. The number of H-pyrrole nitrogens is 1. The van der Waals surface area contributed by atoms with Gasteiger partial charge in [0.2, 0.25) is 5.91 Å². The number of carbonyl (C=O) groups is 2. The number of nitrogens with zero attached hydrogens (tertiary/aromatic N) is 1. The van der Waals surface area contributed by atoms with Crippen molar-refractivity contribution in [1.82, 2.24) is 15.2 Å². The Kier molecular flexibility index (Phi) is 4.14. The zero-order valence-electron chi connectivity index (χ0n) is 14.6. The highest BCUT2D eigenvalue weighted by atomic mass is 19.1. The molecule has 2 N–H and O–H groups in total. The van der Waals surface area contributed by atoms with Crippen LogP contribution in [0.2, 0.25) is 0 Å². The van der Waals surface area contributed by atoms with Crippen molar-refractivity contribution in [2.75, 3.05) is 13.1 Å². The van der Waals surface area contributed by atoms with Gasteiger partial charge in [0.1, 0.15) is 17.7 Å². The number of nitrogens with one attached hydrogen (secondary N) is 2. The highest BCUT2D eigenvalue weighted by molar-refractivity contribution is 6.09. The molecule has 1 atom stereocenters. The zero-order chi connectivity index (χ0) is 19.1. The third-order valence-corrected chi connectivity index (χ3v) is 4.82. The summed E-state index contributed by atoms with van der Waals surface area (Å²) in [5, 5.41) is 3.22. The van der Waals surface area contributed by atoms with Crippen molar-refractivity contribution in [3.63, 3.8) is 0 Å². The van der Waals surface area contributed by atoms with Crippen molar-refractivity contribution < 1.29 is 18.4 Å². The minimum absolute atomic E-state index is 0.300. The van der Waals surface area contributed by atoms with E-state index in [2.05, 4.69) is 10.3 Å². The van der Waals surface area contributed by atoms with E-state index < -0.39 is 17.7 Å². The number of carbonyl (C=O) groups excluding carboxylic acids is 2. The summed E-state index contributed by atoms with van der Waals surface area (Å²) in [5.41, 5.74) is 2.11. The van der Waals surface area contributed by atoms with Crippen LogP contribution in [0.5, 0.6) is 0 Å². The van der Waals surface area contributed by atoms with Crippen LogP contribution in [0, 0.1) is 18.6 Å². The normalized spacial score (nSPS) is 17.2. The number of benzene rings is 2. The molecule has 2 amide bonds. The molecule has 2 heterocycles. The highest BCUT2D eigenvalue weighted by Gasteiger charge is 2.36. The zero-order valence-corrected chi connectivity index (χ0v) is 14.6. The quantitative estimate of drug-likeness (QED) is 0.729. The predicted molar refractivity (Wildman–Crippen MR) is 96.2 cm³/mol. The Bertz CT molecular complexity index is 1040. The SMILES string of the molecule is Cc1[nH]c2ccc(F)cc2c1C(=O)N1CCNC(=O)C1c1ccc(F)cc1. The topological polar surface area (TPSA) is 65.2 Å². The molecule has 1 fully saturated rings. The molecule has 1 aliphatic rings. The summed E-state index contributed by atoms with van der Waals surface area (Å²) >= 11 is 0. The Morgan fingerprint density at radius 2 is 1.81 bits per heavy atom. The van der Waals surface area contributed by atoms with Gasteiger partial charge < -0.3 is 15.2 Å². The van der Waals surface area contributed by atoms with Crippen molar-refractivity contribution in [3.8, 4) is 0 Å². The maximum absolute atomic E-state index is 13.7. The lowest BCUT2D eigenvalue weighted by molar-refractivity contribution is -0.128. The fraction of sp³-hybridized carbons (Fsp3) is 0.200. The second kappa shape index (κ2) is 6.50. The lowest BCUT2D eigenvalue weighted by Crippen LogP contribution is -2.52. The lowest BCUT2D eigenvalue weighted by atomic mass is 10.0. The summed E-state index contributed by atoms with van der Waals surface area (Å²) in [6.45, 7) is 2.36. The molecule has 4 rings (SSSR count). The standard InChI is InChI=1S/C20H17F2N3O2/c1-11-17(15-10-14(22)6-7-16(15)24-11)20(27)25-9-8-23-19(26)18(25)12-2-4-13(21)5-3-12/h2-7,10,18,24H,8-9H2,1H3,(H,23,26). The van der Waals surface area contributed by atoms with E-state index in [4.69, 9.17) is 0 Å². The maximum Gasteiger partial charge on any atom is 0.257 e. The van der Waals surface area contributed by atoms with E-state index in [1.54, 1.807) is 13.0 Å². The Hall–Kier alpha value is -3.22. The lowest BCUT2D eigenvalue weighted by Gasteiger charge is -2.35. The number of piperazine rings is 1. The van der Waals surface area contributed by atoms with Gasteiger partial charge in [-0.05, 0) is 42.8 Å². The van der Waals surface area contributed by atoms with Gasteiger partial charge in [0, 0.05) is 29.7 Å². The molecule has 1 aliphatic heterocycles. The second-order valence-electron chi connectivity index (χ2n) is 6.56. The van der Waals surface area contributed by atoms with Crippen molar-refractivity contribution >= 4 is 22.7 Å². The Balaban J connectivity index is 1.79. The second-order valence-corrected chi connectivity index (χ2v) is 6.56. The van der Waals surface area contributed by atoms with Gasteiger partial charge >= 0.3 is 0 Å². The number of hydrogen-bond acceptors (Lipinski definition) is 2. The van der Waals surface area contributed by atoms with Crippen molar-refractivity contribution in [2.24, 2.45) is 0 Å². The minimum Gasteiger partial charge on any atom is -0.358 e. The van der Waals surface area contributed by atoms with E-state index in [0.29, 0.717) is 40.8 Å². The molecule has 2 aromatic carbocycles. The van der Waals surface area contributed by atoms with Crippen LogP contribution in [0.4, 0.5) is 8.78 Å². The van der Waals surface area contributed by atoms with E-state index >= 15 is 0 Å². The first-order chi connectivity index (χ1) is 13.0. The Morgan fingerprint density at radius 1 is 1.11 bits per heavy atom. The summed E-state index contributed by atoms with van der Waals surface area (Å²) in [7, 11) is 0. The highest BCUT2D eigenvalue weighted by Crippen LogP contribution is 2.30. The van der Waals surface area contributed by atoms with E-state index in [1.807, 2.05) is 0 Å². The number of rotatable bonds is 2. The molecule has 27 heavy (non-hydrogen) atoms. The van der Waals surface area contributed by atoms with Gasteiger partial charge in [-0.15, -0.1) is 0 Å². The number of aryl methyl sites for hydroxylation is 1. The number of hydrogen-bond donors (Lipinski definition) is 2. The number of amides is 2. The van der Waals surface area contributed by atoms with Gasteiger partial charge in [-0.1, -0.05) is 12.1 Å². The van der Waals surface area contributed by atoms with Gasteiger partial charge in [-0.25, -0.2) is 8.78 Å². The first-order valence-electron chi connectivity index (χ1n) is 8.57. The van der Waals surface area contributed by atoms with Gasteiger partial charge in [-0.3, -0.25) is 9.59 Å². The Labute approximate surface area is 154 Å². The molecule has 0 aliphatic carbocycles. The van der Waals surface area contributed by atoms with Crippen molar-refractivity contribution in [1.29, 1.82) is 0 Å². The monoisotopic (exact) mass is 369 g/mol. The van der Waals surface area contributed by atoms with Crippen LogP contribution in [0.3, 0.4) is 0 Å². The number of fused-ring (bicyclic) bond motifs is 1. The molecular formula is C20H17F2N3O2. The molecule has 138 valence electrons. The van der Waals surface area contributed by atoms with Gasteiger partial charge in [0.05, 0.1) is 5.56 Å². The van der Waals surface area contributed by atoms with Crippen LogP contribution < -0.4 is 5.32 Å². The molecule has 1 saturated heterocycles. The van der Waals surface area contributed by atoms with Gasteiger partial charge in [-0.2, -0.15) is 0 Å². The smallest absolute Gasteiger partial charge is 0.257 e. The van der Waals surface area contributed by atoms with E-state index in [1.165, 1.54) is 41.3 Å². The summed E-state index contributed by atoms with van der Waals surface area (Å²) in [4.78, 5) is 30.4. The summed E-state index contributed by atoms with van der Waals surface area (Å²) in [6.07, 6.45) is 0. The molecule has 1 unspecified atom stereocenters. The molecule has 0 radical (unpaired) electrons. The predicted octanol–water partition coefficient (Wildman–Crippen LogP) is 3.07. The van der Waals surface area contributed by atoms with Gasteiger partial charge in [0.15, 0.2) is 0 Å². The third-order valence-electron chi connectivity index (χ3n) is 4.82. The largest absolute Gasteiger partial charge is 0.358 e. The van der Waals surface area contributed by atoms with E-state index in [9.17, 15) is 18.4 Å². The first-order valence-corrected chi connectivity index (χ1v) is 8.57. The third kappa shape index (κ3) is 2.95. The van der Waals surface area contributed by atoms with Crippen molar-refractivity contribution in [2.45, 2.75) is 13.0 Å². The van der Waals surface area contributed by atoms with Gasteiger partial charge in [0.25, 0.3) is 5.91 Å². The van der Waals surface area contributed by atoms with Crippen LogP contribution in [-0.2, 0) is 4.79 Å². The minimum atomic E-state index is -0.871. The average Bonchev–Trinajstić information content (AvgIpc) is 2.97. The van der Waals surface area contributed by atoms with E-state index in [0.717, 1.165) is 0 Å². The molecule has 7 heteroatoms. The summed E-state index contributed by atoms with van der Waals surface area (Å²) < 4.78 is 27.0. The summed E-state index contributed by atoms with van der Waals surface area (Å²) in [6, 6.07) is 8.84. The molecule has 5 nitrogen and oxygen atoms in total. The Morgan fingerprint density at radius 3 is 2.56 bits per heavy atom.